The summed E-state index contributed by atoms with van der Waals surface area (Å²) in [6.45, 7) is 0. The summed E-state index contributed by atoms with van der Waals surface area (Å²) in [5.74, 6) is 0. The smallest absolute Gasteiger partial charge is 0.0973 e. The van der Waals surface area contributed by atoms with Crippen LogP contribution in [-0.4, -0.2) is 9.97 Å². The fourth-order valence-corrected chi connectivity index (χ4v) is 6.83. The second kappa shape index (κ2) is 12.2. The van der Waals surface area contributed by atoms with E-state index in [-0.39, 0.29) is 0 Å². The summed E-state index contributed by atoms with van der Waals surface area (Å²) in [5, 5.41) is 4.58. The van der Waals surface area contributed by atoms with Crippen LogP contribution in [0, 0.1) is 0 Å². The summed E-state index contributed by atoms with van der Waals surface area (Å²) >= 11 is 0. The van der Waals surface area contributed by atoms with Gasteiger partial charge in [-0.3, -0.25) is 0 Å². The summed E-state index contributed by atoms with van der Waals surface area (Å²) in [4.78, 5) is 13.1. The van der Waals surface area contributed by atoms with Crippen LogP contribution in [0.15, 0.2) is 188 Å². The normalized spacial score (nSPS) is 11.3. The number of benzene rings is 8. The van der Waals surface area contributed by atoms with E-state index in [9.17, 15) is 0 Å². The quantitative estimate of drug-likeness (QED) is 0.172. The van der Waals surface area contributed by atoms with E-state index >= 15 is 0 Å². The Labute approximate surface area is 285 Å². The number of hydrogen-bond donors (Lipinski definition) is 0. The van der Waals surface area contributed by atoms with Crippen LogP contribution in [0.25, 0.3) is 66.2 Å². The molecule has 230 valence electrons. The molecule has 0 unspecified atom stereocenters. The van der Waals surface area contributed by atoms with Crippen molar-refractivity contribution in [2.45, 2.75) is 0 Å². The van der Waals surface area contributed by atoms with Crippen LogP contribution in [0.3, 0.4) is 0 Å². The molecule has 1 aromatic heterocycles. The number of para-hydroxylation sites is 1. The number of anilines is 3. The first kappa shape index (κ1) is 28.6. The fourth-order valence-electron chi connectivity index (χ4n) is 6.83. The van der Waals surface area contributed by atoms with E-state index in [4.69, 9.17) is 9.97 Å². The minimum absolute atomic E-state index is 0.866. The number of aromatic nitrogens is 2. The highest BCUT2D eigenvalue weighted by atomic mass is 15.1. The first-order valence-electron chi connectivity index (χ1n) is 16.6. The Morgan fingerprint density at radius 1 is 0.367 bits per heavy atom. The molecule has 0 aliphatic rings. The van der Waals surface area contributed by atoms with Gasteiger partial charge in [0, 0.05) is 33.5 Å². The fraction of sp³-hybridized carbons (Fsp3) is 0. The van der Waals surface area contributed by atoms with Crippen molar-refractivity contribution in [3.05, 3.63) is 188 Å². The van der Waals surface area contributed by atoms with Gasteiger partial charge in [-0.05, 0) is 58.1 Å². The van der Waals surface area contributed by atoms with Crippen LogP contribution in [0.2, 0.25) is 0 Å². The van der Waals surface area contributed by atoms with Gasteiger partial charge in [-0.2, -0.15) is 0 Å². The van der Waals surface area contributed by atoms with Crippen molar-refractivity contribution in [1.29, 1.82) is 0 Å². The van der Waals surface area contributed by atoms with Crippen LogP contribution in [0.1, 0.15) is 0 Å². The molecule has 0 saturated carbocycles. The van der Waals surface area contributed by atoms with E-state index in [1.165, 1.54) is 16.3 Å². The Morgan fingerprint density at radius 2 is 0.898 bits per heavy atom. The largest absolute Gasteiger partial charge is 0.310 e. The molecule has 0 aliphatic heterocycles. The lowest BCUT2D eigenvalue weighted by Gasteiger charge is -2.28. The minimum Gasteiger partial charge on any atom is -0.310 e. The molecule has 0 saturated heterocycles. The standard InChI is InChI=1S/C46H31N3/c1-4-15-33(16-5-1)40-22-12-13-23-43(40)49(38-27-24-32-14-10-11-21-37(32)30-38)39-28-25-34-26-29-42-46(41(34)31-39)48-45(36-19-8-3-9-20-36)44(47-42)35-17-6-2-7-18-35/h1-31H. The minimum atomic E-state index is 0.866. The lowest BCUT2D eigenvalue weighted by Crippen LogP contribution is -2.11. The van der Waals surface area contributed by atoms with Crippen molar-refractivity contribution in [2.24, 2.45) is 0 Å². The van der Waals surface area contributed by atoms with Crippen LogP contribution < -0.4 is 4.90 Å². The Kier molecular flexibility index (Phi) is 7.14. The van der Waals surface area contributed by atoms with E-state index < -0.39 is 0 Å². The molecule has 0 N–H and O–H groups in total. The average Bonchev–Trinajstić information content (AvgIpc) is 3.18. The van der Waals surface area contributed by atoms with Crippen molar-refractivity contribution >= 4 is 49.6 Å². The molecule has 0 atom stereocenters. The summed E-state index contributed by atoms with van der Waals surface area (Å²) in [6, 6.07) is 66.2. The van der Waals surface area contributed by atoms with E-state index in [0.29, 0.717) is 0 Å². The van der Waals surface area contributed by atoms with Gasteiger partial charge in [0.15, 0.2) is 0 Å². The summed E-state index contributed by atoms with van der Waals surface area (Å²) in [5.41, 5.74) is 11.2. The van der Waals surface area contributed by atoms with Crippen LogP contribution in [0.5, 0.6) is 0 Å². The topological polar surface area (TPSA) is 29.0 Å². The van der Waals surface area contributed by atoms with Gasteiger partial charge in [-0.25, -0.2) is 9.97 Å². The predicted molar refractivity (Wildman–Crippen MR) is 206 cm³/mol. The van der Waals surface area contributed by atoms with Gasteiger partial charge in [0.2, 0.25) is 0 Å². The molecular formula is C46H31N3. The van der Waals surface area contributed by atoms with Crippen molar-refractivity contribution in [3.63, 3.8) is 0 Å². The Morgan fingerprint density at radius 3 is 1.61 bits per heavy atom. The van der Waals surface area contributed by atoms with Gasteiger partial charge in [0.05, 0.1) is 28.1 Å². The lowest BCUT2D eigenvalue weighted by atomic mass is 10.00. The SMILES string of the molecule is c1ccc(-c2ccccc2N(c2ccc3ccccc3c2)c2ccc3ccc4nc(-c5ccccc5)c(-c5ccccc5)nc4c3c2)cc1. The van der Waals surface area contributed by atoms with Gasteiger partial charge < -0.3 is 4.90 Å². The highest BCUT2D eigenvalue weighted by Crippen LogP contribution is 2.43. The van der Waals surface area contributed by atoms with Crippen LogP contribution in [-0.2, 0) is 0 Å². The van der Waals surface area contributed by atoms with E-state index in [1.807, 2.05) is 12.1 Å². The Bertz CT molecular complexity index is 2600. The monoisotopic (exact) mass is 625 g/mol. The van der Waals surface area contributed by atoms with E-state index in [1.54, 1.807) is 0 Å². The number of hydrogen-bond acceptors (Lipinski definition) is 3. The molecule has 9 aromatic rings. The van der Waals surface area contributed by atoms with Gasteiger partial charge in [0.25, 0.3) is 0 Å². The molecule has 3 nitrogen and oxygen atoms in total. The van der Waals surface area contributed by atoms with Crippen LogP contribution in [0.4, 0.5) is 17.1 Å². The van der Waals surface area contributed by atoms with Crippen molar-refractivity contribution < 1.29 is 0 Å². The molecule has 0 bridgehead atoms. The van der Waals surface area contributed by atoms with E-state index in [0.717, 1.165) is 66.9 Å². The molecule has 0 amide bonds. The zero-order valence-corrected chi connectivity index (χ0v) is 26.7. The second-order valence-corrected chi connectivity index (χ2v) is 12.2. The third kappa shape index (κ3) is 5.28. The predicted octanol–water partition coefficient (Wildman–Crippen LogP) is 12.4. The third-order valence-electron chi connectivity index (χ3n) is 9.21. The number of rotatable bonds is 6. The summed E-state index contributed by atoms with van der Waals surface area (Å²) in [6.07, 6.45) is 0. The van der Waals surface area contributed by atoms with Gasteiger partial charge in [0.1, 0.15) is 0 Å². The van der Waals surface area contributed by atoms with Gasteiger partial charge >= 0.3 is 0 Å². The van der Waals surface area contributed by atoms with Crippen molar-refractivity contribution in [2.75, 3.05) is 4.90 Å². The molecule has 1 heterocycles. The highest BCUT2D eigenvalue weighted by molar-refractivity contribution is 6.07. The molecular weight excluding hydrogens is 595 g/mol. The summed E-state index contributed by atoms with van der Waals surface area (Å²) in [7, 11) is 0. The van der Waals surface area contributed by atoms with Gasteiger partial charge in [-0.15, -0.1) is 0 Å². The Balaban J connectivity index is 1.30. The molecule has 8 aromatic carbocycles. The highest BCUT2D eigenvalue weighted by Gasteiger charge is 2.20. The number of fused-ring (bicyclic) bond motifs is 4. The average molecular weight is 626 g/mol. The van der Waals surface area contributed by atoms with E-state index in [2.05, 4.69) is 181 Å². The molecule has 49 heavy (non-hydrogen) atoms. The van der Waals surface area contributed by atoms with Crippen molar-refractivity contribution in [1.82, 2.24) is 9.97 Å². The maximum atomic E-state index is 5.42. The van der Waals surface area contributed by atoms with Crippen LogP contribution >= 0.6 is 0 Å². The maximum absolute atomic E-state index is 5.42. The molecule has 9 rings (SSSR count). The molecule has 0 radical (unpaired) electrons. The Hall–Kier alpha value is -6.58. The second-order valence-electron chi connectivity index (χ2n) is 12.2. The summed E-state index contributed by atoms with van der Waals surface area (Å²) < 4.78 is 0. The first-order valence-corrected chi connectivity index (χ1v) is 16.6. The van der Waals surface area contributed by atoms with Crippen molar-refractivity contribution in [3.8, 4) is 33.6 Å². The first-order chi connectivity index (χ1) is 24.3. The zero-order valence-electron chi connectivity index (χ0n) is 26.7. The molecule has 0 spiro atoms. The third-order valence-corrected chi connectivity index (χ3v) is 9.21. The number of nitrogens with zero attached hydrogens (tertiary/aromatic N) is 3. The van der Waals surface area contributed by atoms with Gasteiger partial charge in [-0.1, -0.05) is 152 Å². The molecule has 3 heteroatoms. The maximum Gasteiger partial charge on any atom is 0.0973 e. The molecule has 0 aliphatic carbocycles. The lowest BCUT2D eigenvalue weighted by molar-refractivity contribution is 1.29. The molecule has 0 fully saturated rings. The zero-order chi connectivity index (χ0) is 32.6.